The number of rotatable bonds is 6. The molecule has 0 bridgehead atoms. The van der Waals surface area contributed by atoms with E-state index in [-0.39, 0.29) is 6.61 Å². The van der Waals surface area contributed by atoms with Crippen molar-refractivity contribution in [2.24, 2.45) is 0 Å². The van der Waals surface area contributed by atoms with Crippen molar-refractivity contribution in [3.8, 4) is 0 Å². The van der Waals surface area contributed by atoms with Crippen LogP contribution in [0.15, 0.2) is 24.5 Å². The highest BCUT2D eigenvalue weighted by Gasteiger charge is 2.36. The van der Waals surface area contributed by atoms with Crippen LogP contribution in [-0.2, 0) is 19.9 Å². The first-order chi connectivity index (χ1) is 7.61. The van der Waals surface area contributed by atoms with E-state index < -0.39 is 11.6 Å². The van der Waals surface area contributed by atoms with Gasteiger partial charge in [-0.05, 0) is 24.6 Å². The molecule has 16 heavy (non-hydrogen) atoms. The third-order valence-electron chi connectivity index (χ3n) is 2.32. The van der Waals surface area contributed by atoms with E-state index in [9.17, 15) is 9.90 Å². The van der Waals surface area contributed by atoms with Gasteiger partial charge in [0.25, 0.3) is 0 Å². The highest BCUT2D eigenvalue weighted by Crippen LogP contribution is 2.24. The molecule has 5 heteroatoms. The molecule has 0 aromatic carbocycles. The Morgan fingerprint density at radius 1 is 1.44 bits per heavy atom. The summed E-state index contributed by atoms with van der Waals surface area (Å²) >= 11 is 0. The van der Waals surface area contributed by atoms with Crippen molar-refractivity contribution in [2.75, 3.05) is 20.3 Å². The van der Waals surface area contributed by atoms with Crippen LogP contribution in [0.2, 0.25) is 0 Å². The average Bonchev–Trinajstić information content (AvgIpc) is 2.30. The maximum Gasteiger partial charge on any atom is 0.340 e. The maximum absolute atomic E-state index is 11.2. The van der Waals surface area contributed by atoms with Crippen molar-refractivity contribution in [3.05, 3.63) is 30.1 Å². The van der Waals surface area contributed by atoms with Crippen LogP contribution in [0.25, 0.3) is 0 Å². The van der Waals surface area contributed by atoms with Gasteiger partial charge in [-0.25, -0.2) is 4.79 Å². The van der Waals surface area contributed by atoms with Crippen LogP contribution in [0.4, 0.5) is 0 Å². The number of hydrogen-bond acceptors (Lipinski definition) is 4. The lowest BCUT2D eigenvalue weighted by atomic mass is 9.97. The molecule has 1 aromatic heterocycles. The highest BCUT2D eigenvalue weighted by atomic mass is 16.5. The summed E-state index contributed by atoms with van der Waals surface area (Å²) in [6, 6.07) is 3.25. The van der Waals surface area contributed by atoms with Crippen molar-refractivity contribution >= 4 is 5.97 Å². The first-order valence-electron chi connectivity index (χ1n) is 4.88. The van der Waals surface area contributed by atoms with Gasteiger partial charge in [0.1, 0.15) is 0 Å². The van der Waals surface area contributed by atoms with Gasteiger partial charge in [-0.3, -0.25) is 4.98 Å². The van der Waals surface area contributed by atoms with E-state index in [0.29, 0.717) is 12.2 Å². The Hall–Kier alpha value is -1.46. The third-order valence-corrected chi connectivity index (χ3v) is 2.32. The fraction of sp³-hybridized carbons (Fsp3) is 0.455. The number of aromatic nitrogens is 1. The molecule has 0 aliphatic carbocycles. The summed E-state index contributed by atoms with van der Waals surface area (Å²) in [5.41, 5.74) is -0.798. The predicted octanol–water partition coefficient (Wildman–Crippen LogP) is 1.04. The second-order valence-electron chi connectivity index (χ2n) is 3.42. The molecule has 0 radical (unpaired) electrons. The van der Waals surface area contributed by atoms with Gasteiger partial charge in [-0.2, -0.15) is 0 Å². The minimum atomic E-state index is -1.36. The molecule has 1 N–H and O–H groups in total. The Balaban J connectivity index is 2.85. The SMILES string of the molecule is COCCOC(C)(C(=O)O)c1ccncc1. The average molecular weight is 225 g/mol. The molecular formula is C11H15NO4. The normalized spacial score (nSPS) is 14.4. The van der Waals surface area contributed by atoms with Gasteiger partial charge in [0.05, 0.1) is 13.2 Å². The van der Waals surface area contributed by atoms with E-state index in [1.54, 1.807) is 12.1 Å². The summed E-state index contributed by atoms with van der Waals surface area (Å²) in [7, 11) is 1.54. The Morgan fingerprint density at radius 2 is 2.06 bits per heavy atom. The molecule has 0 aliphatic rings. The molecule has 5 nitrogen and oxygen atoms in total. The zero-order chi connectivity index (χ0) is 12.0. The lowest BCUT2D eigenvalue weighted by Gasteiger charge is -2.25. The summed E-state index contributed by atoms with van der Waals surface area (Å²) in [4.78, 5) is 15.1. The predicted molar refractivity (Wildman–Crippen MR) is 57.1 cm³/mol. The van der Waals surface area contributed by atoms with Crippen molar-refractivity contribution in [3.63, 3.8) is 0 Å². The van der Waals surface area contributed by atoms with E-state index >= 15 is 0 Å². The molecule has 0 saturated carbocycles. The summed E-state index contributed by atoms with van der Waals surface area (Å²) in [6.45, 7) is 2.09. The Morgan fingerprint density at radius 3 is 2.56 bits per heavy atom. The summed E-state index contributed by atoms with van der Waals surface area (Å²) in [5, 5.41) is 9.20. The number of methoxy groups -OCH3 is 1. The van der Waals surface area contributed by atoms with Crippen LogP contribution >= 0.6 is 0 Å². The van der Waals surface area contributed by atoms with Crippen molar-refractivity contribution < 1.29 is 19.4 Å². The van der Waals surface area contributed by atoms with Crippen LogP contribution in [0.1, 0.15) is 12.5 Å². The fourth-order valence-electron chi connectivity index (χ4n) is 1.27. The van der Waals surface area contributed by atoms with Gasteiger partial charge >= 0.3 is 5.97 Å². The second kappa shape index (κ2) is 5.58. The van der Waals surface area contributed by atoms with Gasteiger partial charge in [0, 0.05) is 19.5 Å². The zero-order valence-electron chi connectivity index (χ0n) is 9.34. The van der Waals surface area contributed by atoms with Gasteiger partial charge in [-0.1, -0.05) is 0 Å². The lowest BCUT2D eigenvalue weighted by Crippen LogP contribution is -2.36. The van der Waals surface area contributed by atoms with Crippen LogP contribution in [0.3, 0.4) is 0 Å². The number of aliphatic carboxylic acids is 1. The van der Waals surface area contributed by atoms with Crippen molar-refractivity contribution in [1.29, 1.82) is 0 Å². The van der Waals surface area contributed by atoms with E-state index in [1.807, 2.05) is 0 Å². The number of carboxylic acid groups (broad SMARTS) is 1. The zero-order valence-corrected chi connectivity index (χ0v) is 9.34. The van der Waals surface area contributed by atoms with Gasteiger partial charge in [0.2, 0.25) is 0 Å². The van der Waals surface area contributed by atoms with Gasteiger partial charge < -0.3 is 14.6 Å². The molecule has 1 unspecified atom stereocenters. The maximum atomic E-state index is 11.2. The number of pyridine rings is 1. The number of hydrogen-bond donors (Lipinski definition) is 1. The molecule has 1 heterocycles. The van der Waals surface area contributed by atoms with Crippen LogP contribution in [0, 0.1) is 0 Å². The van der Waals surface area contributed by atoms with Gasteiger partial charge in [0.15, 0.2) is 5.60 Å². The number of ether oxygens (including phenoxy) is 2. The quantitative estimate of drug-likeness (QED) is 0.733. The monoisotopic (exact) mass is 225 g/mol. The molecule has 0 amide bonds. The third kappa shape index (κ3) is 2.77. The van der Waals surface area contributed by atoms with E-state index in [1.165, 1.54) is 26.4 Å². The molecule has 0 saturated heterocycles. The summed E-state index contributed by atoms with van der Waals surface area (Å²) in [6.07, 6.45) is 3.08. The molecule has 1 aromatic rings. The Kier molecular flexibility index (Phi) is 4.39. The first kappa shape index (κ1) is 12.6. The van der Waals surface area contributed by atoms with E-state index in [0.717, 1.165) is 0 Å². The van der Waals surface area contributed by atoms with Crippen LogP contribution in [0.5, 0.6) is 0 Å². The largest absolute Gasteiger partial charge is 0.479 e. The van der Waals surface area contributed by atoms with Crippen LogP contribution in [-0.4, -0.2) is 36.4 Å². The highest BCUT2D eigenvalue weighted by molar-refractivity contribution is 5.78. The lowest BCUT2D eigenvalue weighted by molar-refractivity contribution is -0.166. The molecule has 1 atom stereocenters. The summed E-state index contributed by atoms with van der Waals surface area (Å²) in [5.74, 6) is -1.03. The minimum Gasteiger partial charge on any atom is -0.479 e. The number of carboxylic acids is 1. The number of carbonyl (C=O) groups is 1. The standard InChI is InChI=1S/C11H15NO4/c1-11(10(13)14,16-8-7-15-2)9-3-5-12-6-4-9/h3-6H,7-8H2,1-2H3,(H,13,14). The topological polar surface area (TPSA) is 68.7 Å². The molecule has 88 valence electrons. The second-order valence-corrected chi connectivity index (χ2v) is 3.42. The van der Waals surface area contributed by atoms with Crippen molar-refractivity contribution in [2.45, 2.75) is 12.5 Å². The Labute approximate surface area is 94.0 Å². The minimum absolute atomic E-state index is 0.224. The Bertz CT molecular complexity index is 341. The molecule has 1 rings (SSSR count). The molecule has 0 spiro atoms. The molecule has 0 aliphatic heterocycles. The first-order valence-corrected chi connectivity index (χ1v) is 4.88. The number of nitrogens with zero attached hydrogens (tertiary/aromatic N) is 1. The fourth-order valence-corrected chi connectivity index (χ4v) is 1.27. The van der Waals surface area contributed by atoms with E-state index in [2.05, 4.69) is 4.98 Å². The van der Waals surface area contributed by atoms with E-state index in [4.69, 9.17) is 9.47 Å². The van der Waals surface area contributed by atoms with Crippen molar-refractivity contribution in [1.82, 2.24) is 4.98 Å². The molecule has 0 fully saturated rings. The molecular weight excluding hydrogens is 210 g/mol. The van der Waals surface area contributed by atoms with Gasteiger partial charge in [-0.15, -0.1) is 0 Å². The van der Waals surface area contributed by atoms with Crippen LogP contribution < -0.4 is 0 Å². The smallest absolute Gasteiger partial charge is 0.340 e. The summed E-state index contributed by atoms with van der Waals surface area (Å²) < 4.78 is 10.2.